The molecule has 0 saturated carbocycles. The van der Waals surface area contributed by atoms with E-state index in [4.69, 9.17) is 0 Å². The second-order valence-corrected chi connectivity index (χ2v) is 4.90. The Labute approximate surface area is 86.2 Å². The van der Waals surface area contributed by atoms with Gasteiger partial charge in [0.15, 0.2) is 0 Å². The molecule has 3 heteroatoms. The van der Waals surface area contributed by atoms with Gasteiger partial charge in [0.1, 0.15) is 0 Å². The molecule has 1 saturated heterocycles. The predicted octanol–water partition coefficient (Wildman–Crippen LogP) is 1.33. The van der Waals surface area contributed by atoms with Gasteiger partial charge in [0.05, 0.1) is 0 Å². The summed E-state index contributed by atoms with van der Waals surface area (Å²) < 4.78 is 0. The molecule has 0 aliphatic carbocycles. The predicted molar refractivity (Wildman–Crippen MR) is 61.4 cm³/mol. The molecule has 2 N–H and O–H groups in total. The van der Waals surface area contributed by atoms with E-state index in [-0.39, 0.29) is 0 Å². The Morgan fingerprint density at radius 1 is 1.46 bits per heavy atom. The smallest absolute Gasteiger partial charge is 0.00913 e. The average molecular weight is 202 g/mol. The number of thioether (sulfide) groups is 1. The van der Waals surface area contributed by atoms with E-state index < -0.39 is 0 Å². The average Bonchev–Trinajstić information content (AvgIpc) is 2.17. The zero-order chi connectivity index (χ0) is 9.52. The van der Waals surface area contributed by atoms with Gasteiger partial charge in [-0.15, -0.1) is 0 Å². The van der Waals surface area contributed by atoms with Crippen molar-refractivity contribution in [2.45, 2.75) is 25.8 Å². The highest BCUT2D eigenvalue weighted by atomic mass is 32.2. The maximum atomic E-state index is 3.65. The van der Waals surface area contributed by atoms with Crippen LogP contribution in [0.4, 0.5) is 0 Å². The molecule has 1 atom stereocenters. The first-order valence-electron chi connectivity index (χ1n) is 5.26. The van der Waals surface area contributed by atoms with Crippen LogP contribution >= 0.6 is 11.8 Å². The van der Waals surface area contributed by atoms with Crippen molar-refractivity contribution in [3.8, 4) is 0 Å². The van der Waals surface area contributed by atoms with E-state index in [2.05, 4.69) is 23.8 Å². The van der Waals surface area contributed by atoms with E-state index in [0.717, 1.165) is 12.0 Å². The van der Waals surface area contributed by atoms with Gasteiger partial charge in [-0.2, -0.15) is 11.8 Å². The standard InChI is InChI=1S/C10H22N2S/c1-9(8-13-2)7-12-10-3-5-11-6-4-10/h9-12H,3-8H2,1-2H3. The summed E-state index contributed by atoms with van der Waals surface area (Å²) in [6, 6.07) is 0.769. The minimum Gasteiger partial charge on any atom is -0.317 e. The minimum atomic E-state index is 0.769. The van der Waals surface area contributed by atoms with Crippen molar-refractivity contribution in [2.75, 3.05) is 31.6 Å². The van der Waals surface area contributed by atoms with Crippen LogP contribution in [0.1, 0.15) is 19.8 Å². The summed E-state index contributed by atoms with van der Waals surface area (Å²) in [5, 5.41) is 7.04. The van der Waals surface area contributed by atoms with Gasteiger partial charge < -0.3 is 10.6 Å². The molecule has 2 nitrogen and oxygen atoms in total. The van der Waals surface area contributed by atoms with Crippen LogP contribution in [-0.4, -0.2) is 37.7 Å². The van der Waals surface area contributed by atoms with Gasteiger partial charge in [0.25, 0.3) is 0 Å². The summed E-state index contributed by atoms with van der Waals surface area (Å²) in [5.41, 5.74) is 0. The third-order valence-corrected chi connectivity index (χ3v) is 3.45. The lowest BCUT2D eigenvalue weighted by molar-refractivity contribution is 0.371. The molecule has 78 valence electrons. The second kappa shape index (κ2) is 6.68. The summed E-state index contributed by atoms with van der Waals surface area (Å²) >= 11 is 1.94. The molecule has 0 bridgehead atoms. The van der Waals surface area contributed by atoms with Crippen LogP contribution in [0.2, 0.25) is 0 Å². The maximum Gasteiger partial charge on any atom is 0.00913 e. The van der Waals surface area contributed by atoms with E-state index in [1.807, 2.05) is 11.8 Å². The molecular formula is C10H22N2S. The normalized spacial score (nSPS) is 21.7. The van der Waals surface area contributed by atoms with Crippen LogP contribution in [0.25, 0.3) is 0 Å². The summed E-state index contributed by atoms with van der Waals surface area (Å²) in [6.45, 7) is 5.89. The lowest BCUT2D eigenvalue weighted by atomic mass is 10.1. The van der Waals surface area contributed by atoms with Crippen LogP contribution in [0, 0.1) is 5.92 Å². The largest absolute Gasteiger partial charge is 0.317 e. The van der Waals surface area contributed by atoms with Gasteiger partial charge in [-0.05, 0) is 50.4 Å². The maximum absolute atomic E-state index is 3.65. The molecule has 0 radical (unpaired) electrons. The fourth-order valence-corrected chi connectivity index (χ4v) is 2.42. The van der Waals surface area contributed by atoms with E-state index in [1.165, 1.54) is 38.2 Å². The number of hydrogen-bond donors (Lipinski definition) is 2. The lowest BCUT2D eigenvalue weighted by Crippen LogP contribution is -2.41. The molecule has 1 fully saturated rings. The third kappa shape index (κ3) is 4.89. The van der Waals surface area contributed by atoms with Gasteiger partial charge in [-0.25, -0.2) is 0 Å². The molecule has 0 aromatic rings. The Morgan fingerprint density at radius 2 is 2.15 bits per heavy atom. The number of rotatable bonds is 5. The van der Waals surface area contributed by atoms with Crippen molar-refractivity contribution in [3.05, 3.63) is 0 Å². The molecule has 0 aromatic heterocycles. The topological polar surface area (TPSA) is 24.1 Å². The van der Waals surface area contributed by atoms with Gasteiger partial charge in [-0.3, -0.25) is 0 Å². The van der Waals surface area contributed by atoms with Gasteiger partial charge >= 0.3 is 0 Å². The molecule has 1 rings (SSSR count). The highest BCUT2D eigenvalue weighted by Gasteiger charge is 2.12. The fraction of sp³-hybridized carbons (Fsp3) is 1.00. The molecule has 1 aliphatic rings. The third-order valence-electron chi connectivity index (χ3n) is 2.55. The van der Waals surface area contributed by atoms with Crippen molar-refractivity contribution >= 4 is 11.8 Å². The number of nitrogens with one attached hydrogen (secondary N) is 2. The fourth-order valence-electron chi connectivity index (χ4n) is 1.74. The molecule has 0 spiro atoms. The quantitative estimate of drug-likeness (QED) is 0.703. The highest BCUT2D eigenvalue weighted by molar-refractivity contribution is 7.98. The molecular weight excluding hydrogens is 180 g/mol. The Morgan fingerprint density at radius 3 is 2.77 bits per heavy atom. The van der Waals surface area contributed by atoms with Crippen molar-refractivity contribution in [1.82, 2.24) is 10.6 Å². The monoisotopic (exact) mass is 202 g/mol. The highest BCUT2D eigenvalue weighted by Crippen LogP contribution is 2.06. The first kappa shape index (κ1) is 11.3. The summed E-state index contributed by atoms with van der Waals surface area (Å²) in [4.78, 5) is 0. The first-order valence-corrected chi connectivity index (χ1v) is 6.65. The molecule has 0 amide bonds. The molecule has 1 aliphatic heterocycles. The molecule has 13 heavy (non-hydrogen) atoms. The number of piperidine rings is 1. The van der Waals surface area contributed by atoms with Crippen molar-refractivity contribution in [2.24, 2.45) is 5.92 Å². The van der Waals surface area contributed by atoms with Crippen LogP contribution in [-0.2, 0) is 0 Å². The first-order chi connectivity index (χ1) is 6.33. The van der Waals surface area contributed by atoms with Crippen molar-refractivity contribution in [3.63, 3.8) is 0 Å². The second-order valence-electron chi connectivity index (χ2n) is 3.99. The van der Waals surface area contributed by atoms with Gasteiger partial charge in [0.2, 0.25) is 0 Å². The Balaban J connectivity index is 2.03. The van der Waals surface area contributed by atoms with Crippen LogP contribution < -0.4 is 10.6 Å². The van der Waals surface area contributed by atoms with Crippen molar-refractivity contribution in [1.29, 1.82) is 0 Å². The Kier molecular flexibility index (Phi) is 5.83. The van der Waals surface area contributed by atoms with Gasteiger partial charge in [0, 0.05) is 6.04 Å². The lowest BCUT2D eigenvalue weighted by Gasteiger charge is -2.25. The zero-order valence-electron chi connectivity index (χ0n) is 8.81. The zero-order valence-corrected chi connectivity index (χ0v) is 9.62. The van der Waals surface area contributed by atoms with E-state index in [0.29, 0.717) is 0 Å². The summed E-state index contributed by atoms with van der Waals surface area (Å²) in [7, 11) is 0. The summed E-state index contributed by atoms with van der Waals surface area (Å²) in [6.07, 6.45) is 4.78. The van der Waals surface area contributed by atoms with E-state index >= 15 is 0 Å². The molecule has 1 unspecified atom stereocenters. The number of hydrogen-bond acceptors (Lipinski definition) is 3. The van der Waals surface area contributed by atoms with E-state index in [1.54, 1.807) is 0 Å². The molecule has 0 aromatic carbocycles. The Bertz CT molecular complexity index is 124. The minimum absolute atomic E-state index is 0.769. The Hall–Kier alpha value is 0.270. The van der Waals surface area contributed by atoms with Crippen LogP contribution in [0.3, 0.4) is 0 Å². The van der Waals surface area contributed by atoms with Gasteiger partial charge in [-0.1, -0.05) is 6.92 Å². The van der Waals surface area contributed by atoms with Crippen LogP contribution in [0.5, 0.6) is 0 Å². The summed E-state index contributed by atoms with van der Waals surface area (Å²) in [5.74, 6) is 2.09. The van der Waals surface area contributed by atoms with E-state index in [9.17, 15) is 0 Å². The molecule has 1 heterocycles. The van der Waals surface area contributed by atoms with Crippen LogP contribution in [0.15, 0.2) is 0 Å². The SMILES string of the molecule is CSCC(C)CNC1CCNCC1. The van der Waals surface area contributed by atoms with Crippen molar-refractivity contribution < 1.29 is 0 Å².